The Morgan fingerprint density at radius 3 is 2.90 bits per heavy atom. The van der Waals surface area contributed by atoms with Crippen LogP contribution in [-0.2, 0) is 0 Å². The number of aryl methyl sites for hydroxylation is 2. The number of rotatable bonds is 6. The minimum Gasteiger partial charge on any atom is -0.372 e. The second kappa shape index (κ2) is 9.11. The third kappa shape index (κ3) is 5.07. The summed E-state index contributed by atoms with van der Waals surface area (Å²) in [5.41, 5.74) is 5.72. The van der Waals surface area contributed by atoms with Gasteiger partial charge in [-0.15, -0.1) is 0 Å². The Bertz CT molecular complexity index is 896. The van der Waals surface area contributed by atoms with E-state index in [1.54, 1.807) is 0 Å². The maximum absolute atomic E-state index is 4.80. The number of fused-ring (bicyclic) bond motifs is 1. The van der Waals surface area contributed by atoms with Gasteiger partial charge in [0.15, 0.2) is 0 Å². The van der Waals surface area contributed by atoms with Gasteiger partial charge in [-0.3, -0.25) is 5.32 Å². The minimum absolute atomic E-state index is 0.183. The van der Waals surface area contributed by atoms with Crippen molar-refractivity contribution in [2.24, 2.45) is 0 Å². The van der Waals surface area contributed by atoms with Crippen molar-refractivity contribution >= 4 is 16.6 Å². The smallest absolute Gasteiger partial charge is 0.139 e. The summed E-state index contributed by atoms with van der Waals surface area (Å²) in [6.45, 7) is 11.3. The summed E-state index contributed by atoms with van der Waals surface area (Å²) in [4.78, 5) is 13.3. The van der Waals surface area contributed by atoms with Crippen LogP contribution in [0.3, 0.4) is 0 Å². The fourth-order valence-corrected chi connectivity index (χ4v) is 4.25. The molecule has 2 aliphatic rings. The first kappa shape index (κ1) is 20.1. The lowest BCUT2D eigenvalue weighted by Crippen LogP contribution is -2.40. The summed E-state index contributed by atoms with van der Waals surface area (Å²) in [5.74, 6) is 0.919. The highest BCUT2D eigenvalue weighted by atomic mass is 15.2. The Morgan fingerprint density at radius 1 is 1.17 bits per heavy atom. The molecule has 1 aromatic carbocycles. The molecule has 6 nitrogen and oxygen atoms in total. The molecule has 1 saturated heterocycles. The van der Waals surface area contributed by atoms with Crippen LogP contribution in [0.5, 0.6) is 0 Å². The average molecular weight is 395 g/mol. The zero-order chi connectivity index (χ0) is 20.2. The van der Waals surface area contributed by atoms with Gasteiger partial charge in [0, 0.05) is 24.9 Å². The van der Waals surface area contributed by atoms with Gasteiger partial charge in [0.1, 0.15) is 5.82 Å². The van der Waals surface area contributed by atoms with Crippen molar-refractivity contribution in [3.8, 4) is 0 Å². The molecular weight excluding hydrogens is 360 g/mol. The summed E-state index contributed by atoms with van der Waals surface area (Å²) >= 11 is 0. The first-order chi connectivity index (χ1) is 14.1. The third-order valence-electron chi connectivity index (χ3n) is 5.91. The molecule has 0 aliphatic carbocycles. The number of hydrogen-bond donors (Lipinski definition) is 3. The Morgan fingerprint density at radius 2 is 2.07 bits per heavy atom. The van der Waals surface area contributed by atoms with Crippen LogP contribution in [-0.4, -0.2) is 72.2 Å². The van der Waals surface area contributed by atoms with Gasteiger partial charge in [-0.2, -0.15) is 0 Å². The molecule has 2 aliphatic heterocycles. The Kier molecular flexibility index (Phi) is 6.33. The molecule has 0 saturated carbocycles. The van der Waals surface area contributed by atoms with Gasteiger partial charge in [-0.05, 0) is 83.2 Å². The summed E-state index contributed by atoms with van der Waals surface area (Å²) in [5, 5.41) is 7.04. The highest BCUT2D eigenvalue weighted by molar-refractivity contribution is 5.84. The molecule has 0 bridgehead atoms. The van der Waals surface area contributed by atoms with E-state index in [-0.39, 0.29) is 6.17 Å². The highest BCUT2D eigenvalue weighted by Gasteiger charge is 2.14. The van der Waals surface area contributed by atoms with Crippen molar-refractivity contribution in [1.82, 2.24) is 30.4 Å². The predicted octanol–water partition coefficient (Wildman–Crippen LogP) is 2.62. The lowest BCUT2D eigenvalue weighted by molar-refractivity contribution is 0.271. The molecule has 1 atom stereocenters. The SMILES string of the molecule is Cc1cc(C)c2nc(C3=CNC(NCCCN4CCCN(C)CC4)C=C3)[nH]c2c1. The van der Waals surface area contributed by atoms with Crippen LogP contribution in [0.25, 0.3) is 16.6 Å². The van der Waals surface area contributed by atoms with Gasteiger partial charge < -0.3 is 20.1 Å². The minimum atomic E-state index is 0.183. The van der Waals surface area contributed by atoms with Crippen molar-refractivity contribution in [2.45, 2.75) is 32.9 Å². The molecule has 4 rings (SSSR count). The van der Waals surface area contributed by atoms with Gasteiger partial charge in [0.05, 0.1) is 17.2 Å². The molecule has 1 unspecified atom stereocenters. The fourth-order valence-electron chi connectivity index (χ4n) is 4.25. The van der Waals surface area contributed by atoms with Crippen LogP contribution < -0.4 is 10.6 Å². The van der Waals surface area contributed by atoms with E-state index in [4.69, 9.17) is 4.98 Å². The van der Waals surface area contributed by atoms with Crippen molar-refractivity contribution in [1.29, 1.82) is 0 Å². The molecule has 29 heavy (non-hydrogen) atoms. The standard InChI is InChI=1S/C23H34N6/c1-17-14-18(2)22-20(15-17)26-23(27-22)19-6-7-21(25-16-19)24-8-4-10-29-11-5-9-28(3)12-13-29/h6-7,14-16,21,24-25H,4-5,8-13H2,1-3H3,(H,26,27). The zero-order valence-corrected chi connectivity index (χ0v) is 18.0. The second-order valence-electron chi connectivity index (χ2n) is 8.47. The molecule has 3 heterocycles. The number of aromatic nitrogens is 2. The first-order valence-corrected chi connectivity index (χ1v) is 10.8. The largest absolute Gasteiger partial charge is 0.372 e. The number of nitrogens with one attached hydrogen (secondary N) is 3. The molecule has 1 aromatic heterocycles. The number of benzene rings is 1. The number of nitrogens with zero attached hydrogens (tertiary/aromatic N) is 3. The quantitative estimate of drug-likeness (QED) is 0.658. The lowest BCUT2D eigenvalue weighted by atomic mass is 10.1. The van der Waals surface area contributed by atoms with Crippen molar-refractivity contribution in [2.75, 3.05) is 46.3 Å². The number of aromatic amines is 1. The van der Waals surface area contributed by atoms with Crippen LogP contribution in [0.4, 0.5) is 0 Å². The molecular formula is C23H34N6. The molecule has 0 radical (unpaired) electrons. The summed E-state index contributed by atoms with van der Waals surface area (Å²) < 4.78 is 0. The molecule has 2 aromatic rings. The van der Waals surface area contributed by atoms with Crippen LogP contribution in [0.1, 0.15) is 29.8 Å². The monoisotopic (exact) mass is 394 g/mol. The molecule has 0 spiro atoms. The fraction of sp³-hybridized carbons (Fsp3) is 0.522. The van der Waals surface area contributed by atoms with Crippen LogP contribution in [0.15, 0.2) is 30.5 Å². The van der Waals surface area contributed by atoms with Crippen LogP contribution in [0.2, 0.25) is 0 Å². The van der Waals surface area contributed by atoms with E-state index >= 15 is 0 Å². The molecule has 156 valence electrons. The first-order valence-electron chi connectivity index (χ1n) is 10.8. The molecule has 6 heteroatoms. The van der Waals surface area contributed by atoms with Gasteiger partial charge in [-0.1, -0.05) is 12.1 Å². The third-order valence-corrected chi connectivity index (χ3v) is 5.91. The Hall–Kier alpha value is -2.15. The topological polar surface area (TPSA) is 59.2 Å². The van der Waals surface area contributed by atoms with E-state index in [9.17, 15) is 0 Å². The summed E-state index contributed by atoms with van der Waals surface area (Å²) in [7, 11) is 2.22. The lowest BCUT2D eigenvalue weighted by Gasteiger charge is -2.22. The van der Waals surface area contributed by atoms with Crippen molar-refractivity contribution in [3.63, 3.8) is 0 Å². The normalized spacial score (nSPS) is 21.2. The Balaban J connectivity index is 1.25. The number of dihydropyridines is 1. The number of allylic oxidation sites excluding steroid dienone is 2. The predicted molar refractivity (Wildman–Crippen MR) is 121 cm³/mol. The van der Waals surface area contributed by atoms with Gasteiger partial charge in [0.25, 0.3) is 0 Å². The zero-order valence-electron chi connectivity index (χ0n) is 18.0. The van der Waals surface area contributed by atoms with E-state index in [2.05, 4.69) is 76.8 Å². The van der Waals surface area contributed by atoms with E-state index in [0.717, 1.165) is 29.0 Å². The van der Waals surface area contributed by atoms with Crippen molar-refractivity contribution < 1.29 is 0 Å². The molecule has 0 amide bonds. The maximum Gasteiger partial charge on any atom is 0.139 e. The number of hydrogen-bond acceptors (Lipinski definition) is 5. The van der Waals surface area contributed by atoms with Gasteiger partial charge in [0.2, 0.25) is 0 Å². The summed E-state index contributed by atoms with van der Waals surface area (Å²) in [6, 6.07) is 4.34. The number of H-pyrrole nitrogens is 1. The highest BCUT2D eigenvalue weighted by Crippen LogP contribution is 2.23. The summed E-state index contributed by atoms with van der Waals surface area (Å²) in [6.07, 6.45) is 9.03. The van der Waals surface area contributed by atoms with Gasteiger partial charge >= 0.3 is 0 Å². The molecule has 1 fully saturated rings. The second-order valence-corrected chi connectivity index (χ2v) is 8.47. The Labute approximate surface area is 174 Å². The van der Waals surface area contributed by atoms with E-state index < -0.39 is 0 Å². The number of likely N-dealkylation sites (N-methyl/N-ethyl adjacent to an activating group) is 1. The van der Waals surface area contributed by atoms with E-state index in [0.29, 0.717) is 0 Å². The van der Waals surface area contributed by atoms with E-state index in [1.807, 2.05) is 0 Å². The van der Waals surface area contributed by atoms with E-state index in [1.165, 1.54) is 56.7 Å². The number of imidazole rings is 1. The molecule has 3 N–H and O–H groups in total. The average Bonchev–Trinajstić information content (AvgIpc) is 3.02. The van der Waals surface area contributed by atoms with Gasteiger partial charge in [-0.25, -0.2) is 4.98 Å². The van der Waals surface area contributed by atoms with Crippen LogP contribution >= 0.6 is 0 Å². The maximum atomic E-state index is 4.80. The van der Waals surface area contributed by atoms with Crippen molar-refractivity contribution in [3.05, 3.63) is 47.4 Å². The van der Waals surface area contributed by atoms with Crippen LogP contribution in [0, 0.1) is 13.8 Å².